The van der Waals surface area contributed by atoms with Gasteiger partial charge in [-0.05, 0) is 36.7 Å². The van der Waals surface area contributed by atoms with Crippen molar-refractivity contribution in [3.05, 3.63) is 35.3 Å². The van der Waals surface area contributed by atoms with Gasteiger partial charge in [-0.25, -0.2) is 4.79 Å². The SMILES string of the molecule is CC(=O)N[C@@H](CC1CC=CS1)C(=O)N[C@@H](C(=O)O)C1=CCC=CC1. The fourth-order valence-electron chi connectivity index (χ4n) is 2.73. The number of nitrogens with one attached hydrogen (secondary N) is 2. The highest BCUT2D eigenvalue weighted by atomic mass is 32.2. The summed E-state index contributed by atoms with van der Waals surface area (Å²) in [6.45, 7) is 1.35. The van der Waals surface area contributed by atoms with Crippen LogP contribution in [0.15, 0.2) is 35.3 Å². The highest BCUT2D eigenvalue weighted by Gasteiger charge is 2.30. The van der Waals surface area contributed by atoms with E-state index >= 15 is 0 Å². The Morgan fingerprint density at radius 2 is 2.08 bits per heavy atom. The van der Waals surface area contributed by atoms with E-state index in [4.69, 9.17) is 0 Å². The zero-order chi connectivity index (χ0) is 17.5. The molecule has 0 spiro atoms. The molecule has 2 rings (SSSR count). The number of amides is 2. The molecule has 1 heterocycles. The summed E-state index contributed by atoms with van der Waals surface area (Å²) < 4.78 is 0. The Morgan fingerprint density at radius 3 is 2.62 bits per heavy atom. The van der Waals surface area contributed by atoms with E-state index in [-0.39, 0.29) is 11.2 Å². The first-order valence-corrected chi connectivity index (χ1v) is 8.86. The molecule has 0 saturated heterocycles. The van der Waals surface area contributed by atoms with Crippen molar-refractivity contribution in [3.8, 4) is 0 Å². The van der Waals surface area contributed by atoms with Crippen LogP contribution in [-0.4, -0.2) is 40.2 Å². The number of hydrogen-bond acceptors (Lipinski definition) is 4. The van der Waals surface area contributed by atoms with Crippen molar-refractivity contribution in [2.24, 2.45) is 0 Å². The van der Waals surface area contributed by atoms with Crippen molar-refractivity contribution in [3.63, 3.8) is 0 Å². The Morgan fingerprint density at radius 1 is 1.29 bits per heavy atom. The Labute approximate surface area is 145 Å². The van der Waals surface area contributed by atoms with Crippen LogP contribution in [0, 0.1) is 0 Å². The number of aliphatic carboxylic acids is 1. The molecule has 0 aromatic rings. The number of allylic oxidation sites excluding steroid dienone is 4. The van der Waals surface area contributed by atoms with Gasteiger partial charge in [-0.15, -0.1) is 11.8 Å². The van der Waals surface area contributed by atoms with Crippen molar-refractivity contribution < 1.29 is 19.5 Å². The summed E-state index contributed by atoms with van der Waals surface area (Å²) in [6, 6.07) is -1.80. The van der Waals surface area contributed by atoms with Gasteiger partial charge in [-0.1, -0.05) is 24.3 Å². The van der Waals surface area contributed by atoms with Crippen LogP contribution in [0.25, 0.3) is 0 Å². The third kappa shape index (κ3) is 5.26. The van der Waals surface area contributed by atoms with E-state index in [2.05, 4.69) is 10.6 Å². The van der Waals surface area contributed by atoms with E-state index in [1.54, 1.807) is 11.8 Å². The molecular weight excluding hydrogens is 328 g/mol. The lowest BCUT2D eigenvalue weighted by atomic mass is 9.97. The molecule has 7 heteroatoms. The maximum atomic E-state index is 12.6. The number of carbonyl (C=O) groups excluding carboxylic acids is 2. The monoisotopic (exact) mass is 350 g/mol. The van der Waals surface area contributed by atoms with Crippen molar-refractivity contribution in [2.75, 3.05) is 0 Å². The van der Waals surface area contributed by atoms with Gasteiger partial charge in [0.05, 0.1) is 0 Å². The number of carbonyl (C=O) groups is 3. The number of hydrogen-bond donors (Lipinski definition) is 3. The molecule has 1 aliphatic carbocycles. The van der Waals surface area contributed by atoms with Crippen molar-refractivity contribution in [2.45, 2.75) is 49.9 Å². The minimum absolute atomic E-state index is 0.215. The van der Waals surface area contributed by atoms with Gasteiger partial charge in [0.15, 0.2) is 0 Å². The molecule has 2 amide bonds. The van der Waals surface area contributed by atoms with Crippen LogP contribution in [0.3, 0.4) is 0 Å². The molecule has 3 N–H and O–H groups in total. The van der Waals surface area contributed by atoms with E-state index in [0.717, 1.165) is 6.42 Å². The van der Waals surface area contributed by atoms with Crippen LogP contribution in [0.1, 0.15) is 32.6 Å². The predicted octanol–water partition coefficient (Wildman–Crippen LogP) is 1.75. The van der Waals surface area contributed by atoms with Gasteiger partial charge in [-0.2, -0.15) is 0 Å². The third-order valence-corrected chi connectivity index (χ3v) is 5.02. The van der Waals surface area contributed by atoms with Gasteiger partial charge in [0.2, 0.25) is 11.8 Å². The molecule has 3 atom stereocenters. The summed E-state index contributed by atoms with van der Waals surface area (Å²) in [7, 11) is 0. The smallest absolute Gasteiger partial charge is 0.330 e. The molecule has 0 radical (unpaired) electrons. The van der Waals surface area contributed by atoms with E-state index in [0.29, 0.717) is 24.8 Å². The van der Waals surface area contributed by atoms with E-state index in [1.165, 1.54) is 6.92 Å². The van der Waals surface area contributed by atoms with E-state index in [1.807, 2.05) is 29.7 Å². The molecule has 0 saturated carbocycles. The number of thioether (sulfide) groups is 1. The Bertz CT molecular complexity index is 589. The van der Waals surface area contributed by atoms with Crippen molar-refractivity contribution in [1.82, 2.24) is 10.6 Å². The molecule has 6 nitrogen and oxygen atoms in total. The molecule has 24 heavy (non-hydrogen) atoms. The van der Waals surface area contributed by atoms with Gasteiger partial charge in [-0.3, -0.25) is 9.59 Å². The zero-order valence-electron chi connectivity index (χ0n) is 13.5. The fourth-order valence-corrected chi connectivity index (χ4v) is 3.70. The minimum atomic E-state index is -1.09. The summed E-state index contributed by atoms with van der Waals surface area (Å²) in [5.74, 6) is -1.86. The van der Waals surface area contributed by atoms with Crippen LogP contribution in [0.2, 0.25) is 0 Å². The lowest BCUT2D eigenvalue weighted by Gasteiger charge is -2.24. The van der Waals surface area contributed by atoms with Gasteiger partial charge in [0.1, 0.15) is 12.1 Å². The Balaban J connectivity index is 2.04. The van der Waals surface area contributed by atoms with Crippen LogP contribution in [-0.2, 0) is 14.4 Å². The number of rotatable bonds is 7. The van der Waals surface area contributed by atoms with Crippen molar-refractivity contribution in [1.29, 1.82) is 0 Å². The Kier molecular flexibility index (Phi) is 6.66. The molecule has 0 fully saturated rings. The Hall–Kier alpha value is -2.02. The standard InChI is InChI=1S/C17H22N2O4S/c1-11(20)18-14(10-13-8-5-9-24-13)16(21)19-15(17(22)23)12-6-3-2-4-7-12/h2-3,5,7,9,13-15H,4,6,8,10H2,1H3,(H,18,20)(H,19,21)(H,22,23)/t13?,14-,15+/m0/s1. The summed E-state index contributed by atoms with van der Waals surface area (Å²) in [4.78, 5) is 35.5. The van der Waals surface area contributed by atoms with Gasteiger partial charge >= 0.3 is 5.97 Å². The third-order valence-electron chi connectivity index (χ3n) is 3.90. The molecule has 1 aliphatic heterocycles. The molecule has 0 aromatic carbocycles. The first-order chi connectivity index (χ1) is 11.5. The first-order valence-electron chi connectivity index (χ1n) is 7.92. The summed E-state index contributed by atoms with van der Waals surface area (Å²) in [6.07, 6.45) is 10.2. The maximum absolute atomic E-state index is 12.6. The second kappa shape index (κ2) is 8.73. The van der Waals surface area contributed by atoms with Crippen LogP contribution in [0.4, 0.5) is 0 Å². The molecule has 2 aliphatic rings. The normalized spacial score (nSPS) is 21.7. The second-order valence-electron chi connectivity index (χ2n) is 5.82. The predicted molar refractivity (Wildman–Crippen MR) is 93.4 cm³/mol. The van der Waals surface area contributed by atoms with Crippen LogP contribution < -0.4 is 10.6 Å². The maximum Gasteiger partial charge on any atom is 0.330 e. The van der Waals surface area contributed by atoms with Crippen LogP contribution >= 0.6 is 11.8 Å². The van der Waals surface area contributed by atoms with E-state index in [9.17, 15) is 19.5 Å². The largest absolute Gasteiger partial charge is 0.479 e. The molecule has 0 aromatic heterocycles. The quantitative estimate of drug-likeness (QED) is 0.608. The summed E-state index contributed by atoms with van der Waals surface area (Å²) in [5, 5.41) is 16.9. The molecule has 0 bridgehead atoms. The lowest BCUT2D eigenvalue weighted by molar-refractivity contribution is -0.141. The molecule has 1 unspecified atom stereocenters. The molecular formula is C17H22N2O4S. The van der Waals surface area contributed by atoms with Crippen molar-refractivity contribution >= 4 is 29.5 Å². The minimum Gasteiger partial charge on any atom is -0.479 e. The highest BCUT2D eigenvalue weighted by molar-refractivity contribution is 8.03. The van der Waals surface area contributed by atoms with E-state index < -0.39 is 24.0 Å². The number of carboxylic acid groups (broad SMARTS) is 1. The second-order valence-corrected chi connectivity index (χ2v) is 7.04. The van der Waals surface area contributed by atoms with Crippen LogP contribution in [0.5, 0.6) is 0 Å². The fraction of sp³-hybridized carbons (Fsp3) is 0.471. The van der Waals surface area contributed by atoms with Gasteiger partial charge < -0.3 is 15.7 Å². The average molecular weight is 350 g/mol. The zero-order valence-corrected chi connectivity index (χ0v) is 14.3. The highest BCUT2D eigenvalue weighted by Crippen LogP contribution is 2.27. The number of carboxylic acids is 1. The summed E-state index contributed by atoms with van der Waals surface area (Å²) in [5.41, 5.74) is 0.664. The first kappa shape index (κ1) is 18.3. The van der Waals surface area contributed by atoms with Gasteiger partial charge in [0, 0.05) is 12.2 Å². The lowest BCUT2D eigenvalue weighted by Crippen LogP contribution is -2.52. The summed E-state index contributed by atoms with van der Waals surface area (Å²) >= 11 is 1.62. The average Bonchev–Trinajstić information content (AvgIpc) is 3.05. The topological polar surface area (TPSA) is 95.5 Å². The molecule has 130 valence electrons. The van der Waals surface area contributed by atoms with Gasteiger partial charge in [0.25, 0.3) is 0 Å².